The van der Waals surface area contributed by atoms with Crippen molar-refractivity contribution in [3.63, 3.8) is 0 Å². The Morgan fingerprint density at radius 3 is 2.76 bits per heavy atom. The van der Waals surface area contributed by atoms with Gasteiger partial charge in [-0.25, -0.2) is 0 Å². The number of carbonyl (C=O) groups excluding carboxylic acids is 1. The first kappa shape index (κ1) is 18.2. The minimum absolute atomic E-state index is 0.0835. The number of rotatable bonds is 6. The molecule has 2 atom stereocenters. The van der Waals surface area contributed by atoms with Gasteiger partial charge in [0.05, 0.1) is 6.10 Å². The Labute approximate surface area is 150 Å². The number of benzene rings is 1. The highest BCUT2D eigenvalue weighted by molar-refractivity contribution is 5.76. The van der Waals surface area contributed by atoms with Crippen LogP contribution in [-0.4, -0.2) is 74.4 Å². The summed E-state index contributed by atoms with van der Waals surface area (Å²) >= 11 is 0. The molecule has 2 aliphatic heterocycles. The molecule has 1 amide bonds. The summed E-state index contributed by atoms with van der Waals surface area (Å²) in [5, 5.41) is 15.8. The molecule has 1 aromatic carbocycles. The van der Waals surface area contributed by atoms with Gasteiger partial charge in [-0.05, 0) is 24.6 Å². The average Bonchev–Trinajstić information content (AvgIpc) is 3.03. The molecule has 2 fully saturated rings. The number of carbonyl (C=O) groups is 1. The van der Waals surface area contributed by atoms with Crippen molar-refractivity contribution in [1.82, 2.24) is 15.5 Å². The second kappa shape index (κ2) is 8.65. The monoisotopic (exact) mass is 346 g/mol. The summed E-state index contributed by atoms with van der Waals surface area (Å²) in [5.74, 6) is 0.224. The number of piperazine rings is 1. The maximum atomic E-state index is 12.0. The summed E-state index contributed by atoms with van der Waals surface area (Å²) in [6.45, 7) is 8.90. The van der Waals surface area contributed by atoms with Gasteiger partial charge < -0.3 is 20.6 Å². The van der Waals surface area contributed by atoms with Crippen LogP contribution in [0.15, 0.2) is 24.3 Å². The molecule has 0 bridgehead atoms. The van der Waals surface area contributed by atoms with Crippen LogP contribution in [0, 0.1) is 12.8 Å². The van der Waals surface area contributed by atoms with Crippen LogP contribution in [-0.2, 0) is 4.79 Å². The van der Waals surface area contributed by atoms with Gasteiger partial charge >= 0.3 is 0 Å². The summed E-state index contributed by atoms with van der Waals surface area (Å²) in [4.78, 5) is 16.8. The van der Waals surface area contributed by atoms with Crippen molar-refractivity contribution in [2.75, 3.05) is 57.3 Å². The topological polar surface area (TPSA) is 67.8 Å². The van der Waals surface area contributed by atoms with Crippen LogP contribution in [0.3, 0.4) is 0 Å². The van der Waals surface area contributed by atoms with Crippen molar-refractivity contribution >= 4 is 11.6 Å². The molecule has 2 saturated heterocycles. The quantitative estimate of drug-likeness (QED) is 0.687. The normalized spacial score (nSPS) is 24.5. The number of aliphatic hydroxyl groups is 1. The fourth-order valence-corrected chi connectivity index (χ4v) is 3.57. The lowest BCUT2D eigenvalue weighted by Crippen LogP contribution is -2.47. The second-order valence-electron chi connectivity index (χ2n) is 7.21. The zero-order valence-electron chi connectivity index (χ0n) is 15.1. The third-order valence-corrected chi connectivity index (χ3v) is 5.26. The van der Waals surface area contributed by atoms with Crippen molar-refractivity contribution in [3.05, 3.63) is 29.8 Å². The van der Waals surface area contributed by atoms with Gasteiger partial charge in [0.15, 0.2) is 0 Å². The largest absolute Gasteiger partial charge is 0.391 e. The first-order chi connectivity index (χ1) is 12.1. The van der Waals surface area contributed by atoms with E-state index >= 15 is 0 Å². The summed E-state index contributed by atoms with van der Waals surface area (Å²) in [5.41, 5.74) is 2.58. The van der Waals surface area contributed by atoms with E-state index in [1.165, 1.54) is 11.3 Å². The van der Waals surface area contributed by atoms with Gasteiger partial charge in [0.1, 0.15) is 0 Å². The van der Waals surface area contributed by atoms with Gasteiger partial charge in [-0.1, -0.05) is 12.1 Å². The Morgan fingerprint density at radius 2 is 2.08 bits per heavy atom. The van der Waals surface area contributed by atoms with E-state index in [-0.39, 0.29) is 17.9 Å². The third-order valence-electron chi connectivity index (χ3n) is 5.26. The van der Waals surface area contributed by atoms with Crippen molar-refractivity contribution in [3.8, 4) is 0 Å². The molecule has 3 rings (SSSR count). The molecule has 1 aromatic rings. The molecule has 25 heavy (non-hydrogen) atoms. The van der Waals surface area contributed by atoms with Crippen LogP contribution in [0.4, 0.5) is 5.69 Å². The van der Waals surface area contributed by atoms with E-state index in [4.69, 9.17) is 0 Å². The maximum Gasteiger partial charge on any atom is 0.221 e. The standard InChI is InChI=1S/C19H30N4O2/c1-15-3-2-4-17(11-15)23-9-7-22(8-10-23)6-5-19(25)21-13-16-12-20-14-18(16)24/h2-4,11,16,18,20,24H,5-10,12-14H2,1H3,(H,21,25). The van der Waals surface area contributed by atoms with Gasteiger partial charge in [0.25, 0.3) is 0 Å². The highest BCUT2D eigenvalue weighted by atomic mass is 16.3. The van der Waals surface area contributed by atoms with E-state index in [0.717, 1.165) is 39.3 Å². The molecule has 3 N–H and O–H groups in total. The average molecular weight is 346 g/mol. The predicted molar refractivity (Wildman–Crippen MR) is 99.8 cm³/mol. The Balaban J connectivity index is 1.34. The van der Waals surface area contributed by atoms with Crippen LogP contribution in [0.1, 0.15) is 12.0 Å². The van der Waals surface area contributed by atoms with Crippen LogP contribution < -0.4 is 15.5 Å². The third kappa shape index (κ3) is 5.17. The van der Waals surface area contributed by atoms with Crippen LogP contribution in [0.25, 0.3) is 0 Å². The van der Waals surface area contributed by atoms with E-state index in [0.29, 0.717) is 19.5 Å². The smallest absolute Gasteiger partial charge is 0.221 e. The maximum absolute atomic E-state index is 12.0. The van der Waals surface area contributed by atoms with Gasteiger partial charge in [0, 0.05) is 70.4 Å². The predicted octanol–water partition coefficient (Wildman–Crippen LogP) is 0.204. The molecule has 2 heterocycles. The zero-order valence-corrected chi connectivity index (χ0v) is 15.1. The highest BCUT2D eigenvalue weighted by Gasteiger charge is 2.25. The number of nitrogens with zero attached hydrogens (tertiary/aromatic N) is 2. The Hall–Kier alpha value is -1.63. The number of β-amino-alcohol motifs (C(OH)–C–C–N with tert-alkyl or cyclic N) is 1. The Morgan fingerprint density at radius 1 is 1.28 bits per heavy atom. The van der Waals surface area contributed by atoms with Crippen LogP contribution >= 0.6 is 0 Å². The summed E-state index contributed by atoms with van der Waals surface area (Å²) in [6, 6.07) is 8.63. The fourth-order valence-electron chi connectivity index (χ4n) is 3.57. The van der Waals surface area contributed by atoms with E-state index in [1.54, 1.807) is 0 Å². The van der Waals surface area contributed by atoms with E-state index in [1.807, 2.05) is 0 Å². The number of hydrogen-bond donors (Lipinski definition) is 3. The molecule has 0 saturated carbocycles. The molecule has 2 unspecified atom stereocenters. The van der Waals surface area contributed by atoms with Gasteiger partial charge in [0.2, 0.25) is 5.91 Å². The van der Waals surface area contributed by atoms with Crippen molar-refractivity contribution in [2.45, 2.75) is 19.4 Å². The zero-order chi connectivity index (χ0) is 17.6. The summed E-state index contributed by atoms with van der Waals surface area (Å²) in [7, 11) is 0. The Bertz CT molecular complexity index is 572. The fraction of sp³-hybridized carbons (Fsp3) is 0.632. The van der Waals surface area contributed by atoms with E-state index in [9.17, 15) is 9.90 Å². The molecule has 138 valence electrons. The number of aryl methyl sites for hydroxylation is 1. The number of anilines is 1. The van der Waals surface area contributed by atoms with Gasteiger partial charge in [-0.15, -0.1) is 0 Å². The molecular formula is C19H30N4O2. The number of hydrogen-bond acceptors (Lipinski definition) is 5. The number of nitrogens with one attached hydrogen (secondary N) is 2. The Kier molecular flexibility index (Phi) is 6.29. The second-order valence-corrected chi connectivity index (χ2v) is 7.21. The molecule has 0 aliphatic carbocycles. The van der Waals surface area contributed by atoms with E-state index < -0.39 is 0 Å². The van der Waals surface area contributed by atoms with Crippen LogP contribution in [0.2, 0.25) is 0 Å². The molecule has 0 aromatic heterocycles. The lowest BCUT2D eigenvalue weighted by atomic mass is 10.1. The van der Waals surface area contributed by atoms with E-state index in [2.05, 4.69) is 51.6 Å². The first-order valence-electron chi connectivity index (χ1n) is 9.31. The van der Waals surface area contributed by atoms with Gasteiger partial charge in [-0.2, -0.15) is 0 Å². The minimum atomic E-state index is -0.338. The highest BCUT2D eigenvalue weighted by Crippen LogP contribution is 2.17. The SMILES string of the molecule is Cc1cccc(N2CCN(CCC(=O)NCC3CNCC3O)CC2)c1. The molecule has 0 spiro atoms. The van der Waals surface area contributed by atoms with Crippen molar-refractivity contribution < 1.29 is 9.90 Å². The summed E-state index contributed by atoms with van der Waals surface area (Å²) in [6.07, 6.45) is 0.190. The molecule has 0 radical (unpaired) electrons. The first-order valence-corrected chi connectivity index (χ1v) is 9.31. The lowest BCUT2D eigenvalue weighted by molar-refractivity contribution is -0.121. The van der Waals surface area contributed by atoms with Crippen molar-refractivity contribution in [2.24, 2.45) is 5.92 Å². The lowest BCUT2D eigenvalue weighted by Gasteiger charge is -2.36. The number of amides is 1. The summed E-state index contributed by atoms with van der Waals surface area (Å²) < 4.78 is 0. The molecular weight excluding hydrogens is 316 g/mol. The number of aliphatic hydroxyl groups excluding tert-OH is 1. The van der Waals surface area contributed by atoms with Crippen molar-refractivity contribution in [1.29, 1.82) is 0 Å². The molecule has 2 aliphatic rings. The van der Waals surface area contributed by atoms with Gasteiger partial charge in [-0.3, -0.25) is 9.69 Å². The van der Waals surface area contributed by atoms with Crippen LogP contribution in [0.5, 0.6) is 0 Å². The minimum Gasteiger partial charge on any atom is -0.391 e. The molecule has 6 nitrogen and oxygen atoms in total. The molecule has 6 heteroatoms.